The van der Waals surface area contributed by atoms with Crippen molar-refractivity contribution in [2.45, 2.75) is 38.3 Å². The predicted molar refractivity (Wildman–Crippen MR) is 152 cm³/mol. The van der Waals surface area contributed by atoms with E-state index in [1.165, 1.54) is 0 Å². The summed E-state index contributed by atoms with van der Waals surface area (Å²) in [7, 11) is 0. The van der Waals surface area contributed by atoms with Gasteiger partial charge < -0.3 is 15.1 Å². The molecule has 10 nitrogen and oxygen atoms in total. The Bertz CT molecular complexity index is 1720. The molecule has 0 spiro atoms. The Morgan fingerprint density at radius 1 is 1.00 bits per heavy atom. The van der Waals surface area contributed by atoms with Crippen LogP contribution in [0.15, 0.2) is 76.4 Å². The van der Waals surface area contributed by atoms with Crippen LogP contribution in [-0.4, -0.2) is 42.9 Å². The van der Waals surface area contributed by atoms with Gasteiger partial charge in [-0.15, -0.1) is 16.4 Å². The molecule has 2 aromatic carbocycles. The summed E-state index contributed by atoms with van der Waals surface area (Å²) >= 11 is 1.55. The van der Waals surface area contributed by atoms with Gasteiger partial charge in [-0.1, -0.05) is 60.6 Å². The number of hydrogen-bond donors (Lipinski definition) is 2. The van der Waals surface area contributed by atoms with Crippen LogP contribution >= 0.6 is 11.3 Å². The van der Waals surface area contributed by atoms with Crippen LogP contribution in [0.5, 0.6) is 0 Å². The maximum Gasteiger partial charge on any atom is 0.317 e. The second-order valence-electron chi connectivity index (χ2n) is 9.58. The highest BCUT2D eigenvalue weighted by Crippen LogP contribution is 2.40. The third-order valence-electron chi connectivity index (χ3n) is 6.73. The van der Waals surface area contributed by atoms with E-state index in [0.29, 0.717) is 23.0 Å². The molecule has 11 heteroatoms. The van der Waals surface area contributed by atoms with Gasteiger partial charge in [-0.05, 0) is 25.3 Å². The summed E-state index contributed by atoms with van der Waals surface area (Å²) in [6, 6.07) is 17.4. The lowest BCUT2D eigenvalue weighted by Gasteiger charge is -2.11. The molecular formula is C29H24N8O2S. The Labute approximate surface area is 233 Å². The fourth-order valence-corrected chi connectivity index (χ4v) is 5.51. The first-order valence-electron chi connectivity index (χ1n) is 13.1. The number of aliphatic imine (C=N–C) groups is 1. The normalized spacial score (nSPS) is 16.6. The highest BCUT2D eigenvalue weighted by Gasteiger charge is 2.29. The molecule has 0 saturated heterocycles. The number of aromatic nitrogens is 5. The maximum absolute atomic E-state index is 13.2. The second kappa shape index (κ2) is 10.1. The molecule has 1 aliphatic heterocycles. The third-order valence-corrected chi connectivity index (χ3v) is 7.98. The van der Waals surface area contributed by atoms with Gasteiger partial charge in [0.2, 0.25) is 6.17 Å². The number of para-hydroxylation sites is 1. The lowest BCUT2D eigenvalue weighted by molar-refractivity contribution is -0.116. The molecule has 1 atom stereocenters. The molecule has 0 bridgehead atoms. The molecule has 0 unspecified atom stereocenters. The Morgan fingerprint density at radius 3 is 2.55 bits per heavy atom. The smallest absolute Gasteiger partial charge is 0.317 e. The number of hydrogen-bond acceptors (Lipinski definition) is 10. The fourth-order valence-electron chi connectivity index (χ4n) is 4.54. The summed E-state index contributed by atoms with van der Waals surface area (Å²) in [6.07, 6.45) is 5.72. The molecule has 2 N–H and O–H groups in total. The number of rotatable bonds is 7. The van der Waals surface area contributed by atoms with Gasteiger partial charge in [0.05, 0.1) is 21.3 Å². The average Bonchev–Trinajstić information content (AvgIpc) is 3.62. The molecule has 2 aliphatic rings. The molecule has 1 amide bonds. The number of fused-ring (bicyclic) bond motifs is 1. The molecular weight excluding hydrogens is 524 g/mol. The van der Waals surface area contributed by atoms with Crippen molar-refractivity contribution < 1.29 is 9.21 Å². The summed E-state index contributed by atoms with van der Waals surface area (Å²) in [5.74, 6) is 1.26. The first kappa shape index (κ1) is 24.3. The molecule has 0 radical (unpaired) electrons. The highest BCUT2D eigenvalue weighted by atomic mass is 32.1. The van der Waals surface area contributed by atoms with Crippen molar-refractivity contribution in [1.82, 2.24) is 25.1 Å². The van der Waals surface area contributed by atoms with E-state index in [4.69, 9.17) is 14.4 Å². The van der Waals surface area contributed by atoms with Gasteiger partial charge in [-0.3, -0.25) is 4.79 Å². The van der Waals surface area contributed by atoms with E-state index in [9.17, 15) is 4.79 Å². The summed E-state index contributed by atoms with van der Waals surface area (Å²) in [5, 5.41) is 15.3. The highest BCUT2D eigenvalue weighted by molar-refractivity contribution is 7.15. The largest absolute Gasteiger partial charge is 0.402 e. The molecule has 1 fully saturated rings. The minimum atomic E-state index is -1.000. The van der Waals surface area contributed by atoms with E-state index in [2.05, 4.69) is 30.8 Å². The third kappa shape index (κ3) is 4.64. The van der Waals surface area contributed by atoms with E-state index in [1.807, 2.05) is 73.9 Å². The van der Waals surface area contributed by atoms with Crippen LogP contribution in [0.1, 0.15) is 47.6 Å². The summed E-state index contributed by atoms with van der Waals surface area (Å²) in [4.78, 5) is 32.7. The number of aryl methyl sites for hydroxylation is 1. The second-order valence-corrected chi connectivity index (χ2v) is 10.7. The number of nitrogens with one attached hydrogen (secondary N) is 2. The fraction of sp³-hybridized carbons (Fsp3) is 0.207. The predicted octanol–water partition coefficient (Wildman–Crippen LogP) is 5.32. The lowest BCUT2D eigenvalue weighted by atomic mass is 10.0. The number of carbonyl (C=O) groups is 1. The zero-order valence-corrected chi connectivity index (χ0v) is 22.4. The average molecular weight is 549 g/mol. The van der Waals surface area contributed by atoms with Gasteiger partial charge >= 0.3 is 6.01 Å². The first-order valence-corrected chi connectivity index (χ1v) is 13.9. The van der Waals surface area contributed by atoms with Crippen molar-refractivity contribution in [3.63, 3.8) is 0 Å². The molecule has 198 valence electrons. The number of benzene rings is 2. The van der Waals surface area contributed by atoms with Gasteiger partial charge in [0.1, 0.15) is 11.5 Å². The monoisotopic (exact) mass is 548 g/mol. The van der Waals surface area contributed by atoms with Crippen LogP contribution in [-0.2, 0) is 11.2 Å². The van der Waals surface area contributed by atoms with Gasteiger partial charge in [0.25, 0.3) is 11.8 Å². The summed E-state index contributed by atoms with van der Waals surface area (Å²) in [6.45, 7) is 2.05. The Kier molecular flexibility index (Phi) is 6.12. The van der Waals surface area contributed by atoms with E-state index in [-0.39, 0.29) is 17.8 Å². The Hall–Kier alpha value is -4.77. The Morgan fingerprint density at radius 2 is 1.77 bits per heavy atom. The van der Waals surface area contributed by atoms with Crippen molar-refractivity contribution in [2.24, 2.45) is 4.99 Å². The molecule has 1 aliphatic carbocycles. The zero-order chi connectivity index (χ0) is 27.1. The topological polar surface area (TPSA) is 131 Å². The molecule has 7 rings (SSSR count). The number of anilines is 2. The van der Waals surface area contributed by atoms with Gasteiger partial charge in [0.15, 0.2) is 0 Å². The summed E-state index contributed by atoms with van der Waals surface area (Å²) < 4.78 is 5.99. The van der Waals surface area contributed by atoms with Gasteiger partial charge in [0, 0.05) is 35.0 Å². The molecule has 40 heavy (non-hydrogen) atoms. The van der Waals surface area contributed by atoms with E-state index in [0.717, 1.165) is 51.7 Å². The first-order chi connectivity index (χ1) is 19.7. The van der Waals surface area contributed by atoms with Crippen molar-refractivity contribution in [3.05, 3.63) is 88.9 Å². The van der Waals surface area contributed by atoms with Crippen LogP contribution in [0.2, 0.25) is 0 Å². The minimum Gasteiger partial charge on any atom is -0.402 e. The van der Waals surface area contributed by atoms with Crippen molar-refractivity contribution in [3.8, 4) is 22.0 Å². The zero-order valence-electron chi connectivity index (χ0n) is 21.5. The number of thiazole rings is 1. The standard InChI is InChI=1S/C29H24N8O2S/c1-2-21-33-23(24(40-21)18-14-30-25(31-15-18)17-12-13-17)28-36-37-29(39-28)35-26-27(38)32-20-11-7-6-10-19(20)22(34-26)16-8-4-3-5-9-16/h3-11,14-15,17,26H,2,12-13H2,1H3,(H,32,38)(H,35,37)/t26-/m1/s1. The van der Waals surface area contributed by atoms with E-state index in [1.54, 1.807) is 11.3 Å². The van der Waals surface area contributed by atoms with Crippen LogP contribution < -0.4 is 10.6 Å². The number of amides is 1. The number of carbonyl (C=O) groups excluding carboxylic acids is 1. The van der Waals surface area contributed by atoms with Gasteiger partial charge in [-0.2, -0.15) is 0 Å². The quantitative estimate of drug-likeness (QED) is 0.279. The molecule has 5 aromatic rings. The van der Waals surface area contributed by atoms with E-state index < -0.39 is 6.17 Å². The van der Waals surface area contributed by atoms with E-state index >= 15 is 0 Å². The van der Waals surface area contributed by atoms with Crippen molar-refractivity contribution in [1.29, 1.82) is 0 Å². The van der Waals surface area contributed by atoms with Crippen LogP contribution in [0.4, 0.5) is 11.7 Å². The molecule has 4 heterocycles. The van der Waals surface area contributed by atoms with Gasteiger partial charge in [-0.25, -0.2) is 19.9 Å². The number of nitrogens with zero attached hydrogens (tertiary/aromatic N) is 6. The number of benzodiazepines with no additional fused rings is 1. The Balaban J connectivity index is 1.21. The summed E-state index contributed by atoms with van der Waals surface area (Å²) in [5.41, 5.74) is 4.49. The SMILES string of the molecule is CCc1nc(-c2nnc(N[C@H]3N=C(c4ccccc4)c4ccccc4NC3=O)o2)c(-c2cnc(C3CC3)nc2)s1. The maximum atomic E-state index is 13.2. The minimum absolute atomic E-state index is 0.0644. The van der Waals surface area contributed by atoms with Crippen LogP contribution in [0.25, 0.3) is 22.0 Å². The molecule has 1 saturated carbocycles. The van der Waals surface area contributed by atoms with Crippen LogP contribution in [0, 0.1) is 0 Å². The van der Waals surface area contributed by atoms with Crippen molar-refractivity contribution in [2.75, 3.05) is 10.6 Å². The lowest BCUT2D eigenvalue weighted by Crippen LogP contribution is -2.32. The van der Waals surface area contributed by atoms with Crippen molar-refractivity contribution >= 4 is 34.7 Å². The molecule has 3 aromatic heterocycles. The van der Waals surface area contributed by atoms with Crippen LogP contribution in [0.3, 0.4) is 0 Å².